The molecule has 1 aliphatic rings. The minimum Gasteiger partial charge on any atom is -0.321 e. The maximum atomic E-state index is 10.9. The van der Waals surface area contributed by atoms with Crippen molar-refractivity contribution >= 4 is 5.78 Å². The Balaban J connectivity index is 2.54. The Morgan fingerprint density at radius 1 is 1.62 bits per heavy atom. The lowest BCUT2D eigenvalue weighted by atomic mass is 10.0. The van der Waals surface area contributed by atoms with Gasteiger partial charge in [0.1, 0.15) is 5.78 Å². The maximum Gasteiger partial charge on any atom is 0.146 e. The molecule has 0 aromatic rings. The normalized spacial score (nSPS) is 17.8. The average Bonchev–Trinajstić information content (AvgIpc) is 2.32. The molecule has 1 atom stereocenters. The Bertz CT molecular complexity index is 274. The van der Waals surface area contributed by atoms with Gasteiger partial charge in [0.15, 0.2) is 0 Å². The van der Waals surface area contributed by atoms with Crippen molar-refractivity contribution in [1.29, 1.82) is 0 Å². The Morgan fingerprint density at radius 3 is 3.08 bits per heavy atom. The van der Waals surface area contributed by atoms with Crippen molar-refractivity contribution in [3.8, 4) is 0 Å². The highest BCUT2D eigenvalue weighted by Gasteiger charge is 2.08. The molecule has 70 valence electrons. The molecule has 1 aliphatic carbocycles. The van der Waals surface area contributed by atoms with Crippen LogP contribution in [0, 0.1) is 0 Å². The second-order valence-electron chi connectivity index (χ2n) is 3.22. The van der Waals surface area contributed by atoms with E-state index in [2.05, 4.69) is 12.2 Å². The zero-order valence-corrected chi connectivity index (χ0v) is 7.86. The minimum absolute atomic E-state index is 0.0477. The molecular formula is C11H15NO. The largest absolute Gasteiger partial charge is 0.321 e. The van der Waals surface area contributed by atoms with Gasteiger partial charge in [-0.2, -0.15) is 0 Å². The number of carbonyl (C=O) groups is 1. The van der Waals surface area contributed by atoms with Gasteiger partial charge in [0.25, 0.3) is 0 Å². The molecule has 0 aromatic carbocycles. The van der Waals surface area contributed by atoms with Crippen molar-refractivity contribution in [3.05, 3.63) is 36.0 Å². The van der Waals surface area contributed by atoms with E-state index in [1.807, 2.05) is 18.2 Å². The fourth-order valence-electron chi connectivity index (χ4n) is 1.17. The van der Waals surface area contributed by atoms with Gasteiger partial charge in [-0.1, -0.05) is 30.4 Å². The van der Waals surface area contributed by atoms with E-state index in [0.717, 1.165) is 12.0 Å². The van der Waals surface area contributed by atoms with Crippen LogP contribution >= 0.6 is 0 Å². The highest BCUT2D eigenvalue weighted by Crippen LogP contribution is 2.11. The monoisotopic (exact) mass is 177 g/mol. The van der Waals surface area contributed by atoms with Gasteiger partial charge in [-0.3, -0.25) is 4.79 Å². The molecule has 0 aliphatic heterocycles. The molecule has 13 heavy (non-hydrogen) atoms. The smallest absolute Gasteiger partial charge is 0.146 e. The van der Waals surface area contributed by atoms with Crippen molar-refractivity contribution in [2.24, 2.45) is 5.73 Å². The van der Waals surface area contributed by atoms with Gasteiger partial charge in [0.2, 0.25) is 0 Å². The number of allylic oxidation sites excluding steroid dienone is 5. The first kappa shape index (κ1) is 9.93. The fourth-order valence-corrected chi connectivity index (χ4v) is 1.17. The van der Waals surface area contributed by atoms with Crippen molar-refractivity contribution in [2.45, 2.75) is 25.8 Å². The summed E-state index contributed by atoms with van der Waals surface area (Å²) >= 11 is 0. The second-order valence-corrected chi connectivity index (χ2v) is 3.22. The number of nitrogens with two attached hydrogens (primary N) is 1. The summed E-state index contributed by atoms with van der Waals surface area (Å²) in [7, 11) is 0. The molecule has 2 N–H and O–H groups in total. The van der Waals surface area contributed by atoms with Crippen LogP contribution in [-0.2, 0) is 4.79 Å². The zero-order valence-electron chi connectivity index (χ0n) is 7.86. The van der Waals surface area contributed by atoms with Crippen LogP contribution in [-0.4, -0.2) is 11.8 Å². The van der Waals surface area contributed by atoms with E-state index in [4.69, 9.17) is 5.73 Å². The zero-order chi connectivity index (χ0) is 9.68. The minimum atomic E-state index is -0.353. The number of Topliss-reactive ketones (excluding diaryl/α,β-unsaturated/α-hetero) is 1. The van der Waals surface area contributed by atoms with E-state index in [1.165, 1.54) is 6.92 Å². The molecule has 0 radical (unpaired) electrons. The predicted molar refractivity (Wildman–Crippen MR) is 54.3 cm³/mol. The number of hydrogen-bond acceptors (Lipinski definition) is 2. The van der Waals surface area contributed by atoms with Gasteiger partial charge in [-0.05, 0) is 25.3 Å². The summed E-state index contributed by atoms with van der Waals surface area (Å²) in [6.45, 7) is 1.53. The van der Waals surface area contributed by atoms with Gasteiger partial charge < -0.3 is 5.73 Å². The lowest BCUT2D eigenvalue weighted by Gasteiger charge is -2.07. The quantitative estimate of drug-likeness (QED) is 0.713. The Kier molecular flexibility index (Phi) is 3.65. The fraction of sp³-hybridized carbons (Fsp3) is 0.364. The highest BCUT2D eigenvalue weighted by atomic mass is 16.1. The SMILES string of the molecule is CC(=O)[C@H](N)CC1=CCC=CC=C1. The number of carbonyl (C=O) groups excluding carboxylic acids is 1. The molecule has 0 bridgehead atoms. The summed E-state index contributed by atoms with van der Waals surface area (Å²) in [4.78, 5) is 10.9. The highest BCUT2D eigenvalue weighted by molar-refractivity contribution is 5.81. The van der Waals surface area contributed by atoms with Gasteiger partial charge in [0.05, 0.1) is 6.04 Å². The molecule has 0 amide bonds. The lowest BCUT2D eigenvalue weighted by Crippen LogP contribution is -2.28. The predicted octanol–water partition coefficient (Wildman–Crippen LogP) is 1.74. The van der Waals surface area contributed by atoms with Crippen LogP contribution in [0.15, 0.2) is 36.0 Å². The molecule has 1 rings (SSSR count). The summed E-state index contributed by atoms with van der Waals surface area (Å²) in [5.41, 5.74) is 6.80. The third-order valence-corrected chi connectivity index (χ3v) is 2.05. The second kappa shape index (κ2) is 4.77. The molecule has 0 aromatic heterocycles. The van der Waals surface area contributed by atoms with E-state index in [9.17, 15) is 4.79 Å². The molecular weight excluding hydrogens is 162 g/mol. The molecule has 0 fully saturated rings. The first-order valence-corrected chi connectivity index (χ1v) is 4.48. The van der Waals surface area contributed by atoms with Gasteiger partial charge >= 0.3 is 0 Å². The van der Waals surface area contributed by atoms with E-state index in [1.54, 1.807) is 0 Å². The third kappa shape index (κ3) is 3.38. The van der Waals surface area contributed by atoms with Crippen molar-refractivity contribution in [2.75, 3.05) is 0 Å². The van der Waals surface area contributed by atoms with Crippen LogP contribution in [0.4, 0.5) is 0 Å². The van der Waals surface area contributed by atoms with Gasteiger partial charge in [-0.15, -0.1) is 0 Å². The number of rotatable bonds is 3. The summed E-state index contributed by atoms with van der Waals surface area (Å²) in [6.07, 6.45) is 11.7. The van der Waals surface area contributed by atoms with Crippen LogP contribution in [0.25, 0.3) is 0 Å². The average molecular weight is 177 g/mol. The molecule has 2 heteroatoms. The van der Waals surface area contributed by atoms with Crippen LogP contribution in [0.5, 0.6) is 0 Å². The van der Waals surface area contributed by atoms with Crippen LogP contribution in [0.3, 0.4) is 0 Å². The van der Waals surface area contributed by atoms with Crippen molar-refractivity contribution in [1.82, 2.24) is 0 Å². The molecule has 0 heterocycles. The van der Waals surface area contributed by atoms with E-state index >= 15 is 0 Å². The molecule has 0 saturated heterocycles. The van der Waals surface area contributed by atoms with Gasteiger partial charge in [-0.25, -0.2) is 0 Å². The maximum absolute atomic E-state index is 10.9. The first-order valence-electron chi connectivity index (χ1n) is 4.48. The summed E-state index contributed by atoms with van der Waals surface area (Å²) in [5.74, 6) is 0.0477. The van der Waals surface area contributed by atoms with Crippen molar-refractivity contribution < 1.29 is 4.79 Å². The molecule has 0 spiro atoms. The Labute approximate surface area is 78.8 Å². The van der Waals surface area contributed by atoms with E-state index in [-0.39, 0.29) is 11.8 Å². The standard InChI is InChI=1S/C11H15NO/c1-9(13)11(12)8-10-6-4-2-3-5-7-10/h2-4,6-7,11H,5,8,12H2,1H3/t11-/m1/s1. The Hall–Kier alpha value is -1.15. The number of ketones is 1. The molecule has 2 nitrogen and oxygen atoms in total. The third-order valence-electron chi connectivity index (χ3n) is 2.05. The van der Waals surface area contributed by atoms with Crippen molar-refractivity contribution in [3.63, 3.8) is 0 Å². The van der Waals surface area contributed by atoms with Crippen LogP contribution in [0.1, 0.15) is 19.8 Å². The van der Waals surface area contributed by atoms with E-state index < -0.39 is 0 Å². The molecule has 0 saturated carbocycles. The summed E-state index contributed by atoms with van der Waals surface area (Å²) in [5, 5.41) is 0. The summed E-state index contributed by atoms with van der Waals surface area (Å²) < 4.78 is 0. The lowest BCUT2D eigenvalue weighted by molar-refractivity contribution is -0.118. The Morgan fingerprint density at radius 2 is 2.38 bits per heavy atom. The van der Waals surface area contributed by atoms with Crippen LogP contribution in [0.2, 0.25) is 0 Å². The summed E-state index contributed by atoms with van der Waals surface area (Å²) in [6, 6.07) is -0.353. The molecule has 0 unspecified atom stereocenters. The number of hydrogen-bond donors (Lipinski definition) is 1. The van der Waals surface area contributed by atoms with Gasteiger partial charge in [0, 0.05) is 0 Å². The topological polar surface area (TPSA) is 43.1 Å². The first-order chi connectivity index (χ1) is 6.20. The van der Waals surface area contributed by atoms with Crippen LogP contribution < -0.4 is 5.73 Å². The van der Waals surface area contributed by atoms with E-state index in [0.29, 0.717) is 6.42 Å².